The molecule has 0 bridgehead atoms. The van der Waals surface area contributed by atoms with Gasteiger partial charge in [0.05, 0.1) is 6.10 Å². The molecule has 0 radical (unpaired) electrons. The normalized spacial score (nSPS) is 22.2. The van der Waals surface area contributed by atoms with Crippen molar-refractivity contribution < 1.29 is 10.2 Å². The quantitative estimate of drug-likeness (QED) is 0.776. The maximum Gasteiger partial charge on any atom is 0.115 e. The molecule has 122 valence electrons. The molecule has 0 amide bonds. The molecule has 0 spiro atoms. The highest BCUT2D eigenvalue weighted by Gasteiger charge is 2.26. The molecular weight excluding hydrogens is 310 g/mol. The third kappa shape index (κ3) is 4.25. The lowest BCUT2D eigenvalue weighted by atomic mass is 9.97. The highest BCUT2D eigenvalue weighted by Crippen LogP contribution is 2.35. The lowest BCUT2D eigenvalue weighted by Crippen LogP contribution is -2.30. The minimum absolute atomic E-state index is 0.329. The molecule has 4 heteroatoms. The Morgan fingerprint density at radius 3 is 2.74 bits per heavy atom. The molecule has 3 rings (SSSR count). The van der Waals surface area contributed by atoms with Crippen molar-refractivity contribution in [2.45, 2.75) is 37.3 Å². The van der Waals surface area contributed by atoms with Crippen LogP contribution < -0.4 is 5.32 Å². The fourth-order valence-electron chi connectivity index (χ4n) is 3.36. The molecule has 2 aromatic rings. The zero-order valence-corrected chi connectivity index (χ0v) is 13.7. The summed E-state index contributed by atoms with van der Waals surface area (Å²) in [6.45, 7) is 0.526. The van der Waals surface area contributed by atoms with E-state index in [4.69, 9.17) is 11.6 Å². The van der Waals surface area contributed by atoms with Gasteiger partial charge in [0.15, 0.2) is 0 Å². The van der Waals surface area contributed by atoms with Crippen LogP contribution >= 0.6 is 11.6 Å². The molecule has 1 aliphatic carbocycles. The largest absolute Gasteiger partial charge is 0.508 e. The molecule has 1 aliphatic rings. The van der Waals surface area contributed by atoms with E-state index in [0.717, 1.165) is 24.8 Å². The summed E-state index contributed by atoms with van der Waals surface area (Å²) in [5.74, 6) is 0.804. The summed E-state index contributed by atoms with van der Waals surface area (Å²) >= 11 is 5.96. The van der Waals surface area contributed by atoms with E-state index in [9.17, 15) is 10.2 Å². The van der Waals surface area contributed by atoms with Crippen molar-refractivity contribution in [1.29, 1.82) is 0 Å². The van der Waals surface area contributed by atoms with Crippen molar-refractivity contribution in [2.24, 2.45) is 0 Å². The number of aliphatic hydroxyl groups excluding tert-OH is 1. The van der Waals surface area contributed by atoms with Crippen LogP contribution in [0.5, 0.6) is 5.75 Å². The van der Waals surface area contributed by atoms with Gasteiger partial charge in [-0.2, -0.15) is 0 Å². The summed E-state index contributed by atoms with van der Waals surface area (Å²) in [7, 11) is 0. The van der Waals surface area contributed by atoms with Gasteiger partial charge in [0.1, 0.15) is 5.75 Å². The second-order valence-corrected chi connectivity index (χ2v) is 6.72. The van der Waals surface area contributed by atoms with Gasteiger partial charge in [0.25, 0.3) is 0 Å². The molecule has 3 unspecified atom stereocenters. The Labute approximate surface area is 141 Å². The standard InChI is InChI=1S/C19H22ClNO2/c20-16-5-1-4-15(9-16)19(23)12-21-17-8-7-14(10-17)13-3-2-6-18(22)11-13/h1-6,9,11,14,17,19,21-23H,7-8,10,12H2. The molecule has 3 atom stereocenters. The third-order valence-electron chi connectivity index (χ3n) is 4.61. The lowest BCUT2D eigenvalue weighted by Gasteiger charge is -2.17. The van der Waals surface area contributed by atoms with E-state index < -0.39 is 6.10 Å². The van der Waals surface area contributed by atoms with Gasteiger partial charge < -0.3 is 15.5 Å². The molecule has 1 saturated carbocycles. The average Bonchev–Trinajstić information content (AvgIpc) is 3.01. The zero-order chi connectivity index (χ0) is 16.2. The molecule has 0 aromatic heterocycles. The van der Waals surface area contributed by atoms with Gasteiger partial charge in [0.2, 0.25) is 0 Å². The average molecular weight is 332 g/mol. The third-order valence-corrected chi connectivity index (χ3v) is 4.84. The predicted octanol–water partition coefficient (Wildman–Crippen LogP) is 4.00. The SMILES string of the molecule is Oc1cccc(C2CCC(NCC(O)c3cccc(Cl)c3)C2)c1. The molecule has 2 aromatic carbocycles. The molecule has 0 heterocycles. The van der Waals surface area contributed by atoms with Crippen LogP contribution in [0.25, 0.3) is 0 Å². The van der Waals surface area contributed by atoms with Crippen LogP contribution in [-0.4, -0.2) is 22.8 Å². The molecular formula is C19H22ClNO2. The first kappa shape index (κ1) is 16.3. The van der Waals surface area contributed by atoms with E-state index >= 15 is 0 Å². The number of halogens is 1. The van der Waals surface area contributed by atoms with Crippen molar-refractivity contribution in [3.8, 4) is 5.75 Å². The Balaban J connectivity index is 1.52. The second-order valence-electron chi connectivity index (χ2n) is 6.28. The fourth-order valence-corrected chi connectivity index (χ4v) is 3.56. The van der Waals surface area contributed by atoms with Crippen molar-refractivity contribution in [1.82, 2.24) is 5.32 Å². The number of phenols is 1. The van der Waals surface area contributed by atoms with Crippen molar-refractivity contribution in [2.75, 3.05) is 6.54 Å². The number of benzene rings is 2. The monoisotopic (exact) mass is 331 g/mol. The molecule has 3 N–H and O–H groups in total. The molecule has 23 heavy (non-hydrogen) atoms. The first-order valence-electron chi connectivity index (χ1n) is 8.07. The number of rotatable bonds is 5. The van der Waals surface area contributed by atoms with Gasteiger partial charge in [-0.25, -0.2) is 0 Å². The number of nitrogens with one attached hydrogen (secondary N) is 1. The molecule has 0 aliphatic heterocycles. The van der Waals surface area contributed by atoms with Gasteiger partial charge in [-0.05, 0) is 60.6 Å². The summed E-state index contributed by atoms with van der Waals surface area (Å²) in [6.07, 6.45) is 2.68. The maximum absolute atomic E-state index is 10.3. The number of aromatic hydroxyl groups is 1. The highest BCUT2D eigenvalue weighted by atomic mass is 35.5. The van der Waals surface area contributed by atoms with Crippen molar-refractivity contribution in [3.63, 3.8) is 0 Å². The second kappa shape index (κ2) is 7.35. The summed E-state index contributed by atoms with van der Waals surface area (Å²) in [4.78, 5) is 0. The van der Waals surface area contributed by atoms with Gasteiger partial charge >= 0.3 is 0 Å². The Morgan fingerprint density at radius 1 is 1.13 bits per heavy atom. The van der Waals surface area contributed by atoms with Crippen LogP contribution in [0.1, 0.15) is 42.4 Å². The minimum atomic E-state index is -0.548. The van der Waals surface area contributed by atoms with Gasteiger partial charge in [-0.3, -0.25) is 0 Å². The fraction of sp³-hybridized carbons (Fsp3) is 0.368. The Morgan fingerprint density at radius 2 is 1.96 bits per heavy atom. The Hall–Kier alpha value is -1.55. The van der Waals surface area contributed by atoms with Gasteiger partial charge in [-0.15, -0.1) is 0 Å². The van der Waals surface area contributed by atoms with E-state index in [-0.39, 0.29) is 0 Å². The van der Waals surface area contributed by atoms with E-state index in [1.54, 1.807) is 12.1 Å². The van der Waals surface area contributed by atoms with Crippen LogP contribution in [0.3, 0.4) is 0 Å². The number of hydrogen-bond donors (Lipinski definition) is 3. The van der Waals surface area contributed by atoms with E-state index in [2.05, 4.69) is 11.4 Å². The highest BCUT2D eigenvalue weighted by molar-refractivity contribution is 6.30. The number of phenolic OH excluding ortho intramolecular Hbond substituents is 1. The van der Waals surface area contributed by atoms with Crippen LogP contribution in [0, 0.1) is 0 Å². The summed E-state index contributed by atoms with van der Waals surface area (Å²) in [5, 5.41) is 24.0. The van der Waals surface area contributed by atoms with Crippen molar-refractivity contribution >= 4 is 11.6 Å². The molecule has 3 nitrogen and oxygen atoms in total. The van der Waals surface area contributed by atoms with Gasteiger partial charge in [-0.1, -0.05) is 35.9 Å². The smallest absolute Gasteiger partial charge is 0.115 e. The summed E-state index contributed by atoms with van der Waals surface area (Å²) < 4.78 is 0. The first-order chi connectivity index (χ1) is 11.1. The minimum Gasteiger partial charge on any atom is -0.508 e. The molecule has 0 saturated heterocycles. The zero-order valence-electron chi connectivity index (χ0n) is 13.0. The van der Waals surface area contributed by atoms with Gasteiger partial charge in [0, 0.05) is 17.6 Å². The summed E-state index contributed by atoms with van der Waals surface area (Å²) in [5.41, 5.74) is 2.04. The lowest BCUT2D eigenvalue weighted by molar-refractivity contribution is 0.170. The van der Waals surface area contributed by atoms with Crippen LogP contribution in [0.4, 0.5) is 0 Å². The number of hydrogen-bond acceptors (Lipinski definition) is 3. The maximum atomic E-state index is 10.3. The van der Waals surface area contributed by atoms with Crippen molar-refractivity contribution in [3.05, 3.63) is 64.7 Å². The van der Waals surface area contributed by atoms with Crippen LogP contribution in [-0.2, 0) is 0 Å². The Kier molecular flexibility index (Phi) is 5.21. The predicted molar refractivity (Wildman–Crippen MR) is 92.9 cm³/mol. The first-order valence-corrected chi connectivity index (χ1v) is 8.45. The summed E-state index contributed by atoms with van der Waals surface area (Å²) in [6, 6.07) is 15.3. The van der Waals surface area contributed by atoms with E-state index in [0.29, 0.717) is 29.3 Å². The van der Waals surface area contributed by atoms with E-state index in [1.807, 2.05) is 30.3 Å². The van der Waals surface area contributed by atoms with E-state index in [1.165, 1.54) is 5.56 Å². The number of aliphatic hydroxyl groups is 1. The molecule has 1 fully saturated rings. The van der Waals surface area contributed by atoms with Crippen LogP contribution in [0.15, 0.2) is 48.5 Å². The topological polar surface area (TPSA) is 52.5 Å². The Bertz CT molecular complexity index is 661. The van der Waals surface area contributed by atoms with Crippen LogP contribution in [0.2, 0.25) is 5.02 Å².